The summed E-state index contributed by atoms with van der Waals surface area (Å²) in [4.78, 5) is 11.9. The Labute approximate surface area is 110 Å². The summed E-state index contributed by atoms with van der Waals surface area (Å²) in [5, 5.41) is 0. The Hall–Kier alpha value is -2.57. The van der Waals surface area contributed by atoms with Crippen molar-refractivity contribution in [3.05, 3.63) is 18.5 Å². The van der Waals surface area contributed by atoms with Crippen LogP contribution in [0, 0.1) is 0 Å². The SMILES string of the molecule is COc1cc(-c2ncnc(N)n2)cc(OC)c1OC. The Morgan fingerprint density at radius 2 is 1.58 bits per heavy atom. The van der Waals surface area contributed by atoms with E-state index in [0.29, 0.717) is 28.6 Å². The topological polar surface area (TPSA) is 92.4 Å². The molecule has 100 valence electrons. The highest BCUT2D eigenvalue weighted by Gasteiger charge is 2.15. The molecule has 1 aromatic carbocycles. The first-order valence-corrected chi connectivity index (χ1v) is 5.44. The van der Waals surface area contributed by atoms with Gasteiger partial charge in [-0.3, -0.25) is 0 Å². The van der Waals surface area contributed by atoms with Crippen molar-refractivity contribution in [3.63, 3.8) is 0 Å². The van der Waals surface area contributed by atoms with Crippen molar-refractivity contribution in [2.45, 2.75) is 0 Å². The van der Waals surface area contributed by atoms with E-state index in [-0.39, 0.29) is 5.95 Å². The molecule has 0 spiro atoms. The quantitative estimate of drug-likeness (QED) is 0.883. The molecule has 2 aromatic rings. The van der Waals surface area contributed by atoms with Gasteiger partial charge in [-0.25, -0.2) is 9.97 Å². The van der Waals surface area contributed by atoms with Gasteiger partial charge in [-0.05, 0) is 12.1 Å². The molecule has 0 atom stereocenters. The third-order valence-corrected chi connectivity index (χ3v) is 2.51. The lowest BCUT2D eigenvalue weighted by Crippen LogP contribution is -2.00. The molecule has 0 unspecified atom stereocenters. The van der Waals surface area contributed by atoms with Crippen molar-refractivity contribution in [1.82, 2.24) is 15.0 Å². The minimum atomic E-state index is 0.152. The minimum absolute atomic E-state index is 0.152. The third-order valence-electron chi connectivity index (χ3n) is 2.51. The molecule has 2 N–H and O–H groups in total. The van der Waals surface area contributed by atoms with E-state index in [1.807, 2.05) is 0 Å². The average Bonchev–Trinajstić information content (AvgIpc) is 2.45. The Morgan fingerprint density at radius 3 is 2.05 bits per heavy atom. The number of ether oxygens (including phenoxy) is 3. The predicted molar refractivity (Wildman–Crippen MR) is 69.3 cm³/mol. The highest BCUT2D eigenvalue weighted by Crippen LogP contribution is 2.40. The number of aromatic nitrogens is 3. The first-order chi connectivity index (χ1) is 9.19. The van der Waals surface area contributed by atoms with E-state index in [9.17, 15) is 0 Å². The number of nitrogens with two attached hydrogens (primary N) is 1. The first-order valence-electron chi connectivity index (χ1n) is 5.44. The molecule has 0 saturated carbocycles. The fourth-order valence-corrected chi connectivity index (χ4v) is 1.66. The van der Waals surface area contributed by atoms with Crippen LogP contribution in [0.3, 0.4) is 0 Å². The standard InChI is InChI=1S/C12H14N4O3/c1-17-8-4-7(5-9(18-2)10(8)19-3)11-14-6-15-12(13)16-11/h4-6H,1-3H3,(H2,13,14,15,16). The molecule has 2 rings (SSSR count). The van der Waals surface area contributed by atoms with Gasteiger partial charge >= 0.3 is 0 Å². The van der Waals surface area contributed by atoms with Crippen LogP contribution in [0.2, 0.25) is 0 Å². The number of methoxy groups -OCH3 is 3. The second kappa shape index (κ2) is 5.38. The van der Waals surface area contributed by atoms with Gasteiger partial charge in [0.15, 0.2) is 17.3 Å². The normalized spacial score (nSPS) is 10.1. The zero-order chi connectivity index (χ0) is 13.8. The summed E-state index contributed by atoms with van der Waals surface area (Å²) in [6.07, 6.45) is 1.35. The highest BCUT2D eigenvalue weighted by atomic mass is 16.5. The maximum Gasteiger partial charge on any atom is 0.223 e. The number of benzene rings is 1. The molecule has 1 heterocycles. The van der Waals surface area contributed by atoms with Crippen molar-refractivity contribution in [2.24, 2.45) is 0 Å². The average molecular weight is 262 g/mol. The van der Waals surface area contributed by atoms with Gasteiger partial charge in [0.25, 0.3) is 0 Å². The van der Waals surface area contributed by atoms with Crippen LogP contribution in [0.25, 0.3) is 11.4 Å². The van der Waals surface area contributed by atoms with Gasteiger partial charge in [-0.1, -0.05) is 0 Å². The molecular weight excluding hydrogens is 248 g/mol. The van der Waals surface area contributed by atoms with E-state index in [4.69, 9.17) is 19.9 Å². The Morgan fingerprint density at radius 1 is 0.947 bits per heavy atom. The van der Waals surface area contributed by atoms with Crippen LogP contribution in [0.5, 0.6) is 17.2 Å². The van der Waals surface area contributed by atoms with Crippen molar-refractivity contribution >= 4 is 5.95 Å². The van der Waals surface area contributed by atoms with Gasteiger partial charge in [0.2, 0.25) is 11.7 Å². The van der Waals surface area contributed by atoms with E-state index in [2.05, 4.69) is 15.0 Å². The van der Waals surface area contributed by atoms with Crippen LogP contribution < -0.4 is 19.9 Å². The fourth-order valence-electron chi connectivity index (χ4n) is 1.66. The molecule has 1 aromatic heterocycles. The summed E-state index contributed by atoms with van der Waals surface area (Å²) in [5.41, 5.74) is 6.24. The van der Waals surface area contributed by atoms with Gasteiger partial charge in [-0.15, -0.1) is 0 Å². The van der Waals surface area contributed by atoms with Crippen molar-refractivity contribution in [2.75, 3.05) is 27.1 Å². The summed E-state index contributed by atoms with van der Waals surface area (Å²) >= 11 is 0. The van der Waals surface area contributed by atoms with E-state index in [1.54, 1.807) is 33.5 Å². The molecule has 0 aliphatic heterocycles. The molecule has 0 aliphatic carbocycles. The lowest BCUT2D eigenvalue weighted by molar-refractivity contribution is 0.324. The summed E-state index contributed by atoms with van der Waals surface area (Å²) in [6.45, 7) is 0. The van der Waals surface area contributed by atoms with E-state index < -0.39 is 0 Å². The van der Waals surface area contributed by atoms with Crippen LogP contribution in [0.15, 0.2) is 18.5 Å². The van der Waals surface area contributed by atoms with Crippen molar-refractivity contribution < 1.29 is 14.2 Å². The van der Waals surface area contributed by atoms with Crippen molar-refractivity contribution in [1.29, 1.82) is 0 Å². The van der Waals surface area contributed by atoms with E-state index in [0.717, 1.165) is 0 Å². The Bertz CT molecular complexity index is 564. The number of nitrogens with zero attached hydrogens (tertiary/aromatic N) is 3. The number of hydrogen-bond donors (Lipinski definition) is 1. The molecule has 19 heavy (non-hydrogen) atoms. The zero-order valence-electron chi connectivity index (χ0n) is 10.9. The monoisotopic (exact) mass is 262 g/mol. The van der Waals surface area contributed by atoms with Gasteiger partial charge in [-0.2, -0.15) is 4.98 Å². The van der Waals surface area contributed by atoms with Crippen LogP contribution in [0.1, 0.15) is 0 Å². The number of nitrogen functional groups attached to an aromatic ring is 1. The first kappa shape index (κ1) is 12.9. The van der Waals surface area contributed by atoms with Gasteiger partial charge in [0, 0.05) is 5.56 Å². The molecule has 0 aliphatic rings. The molecule has 7 heteroatoms. The smallest absolute Gasteiger partial charge is 0.223 e. The zero-order valence-corrected chi connectivity index (χ0v) is 10.9. The molecule has 0 radical (unpaired) electrons. The van der Waals surface area contributed by atoms with E-state index >= 15 is 0 Å². The van der Waals surface area contributed by atoms with Crippen molar-refractivity contribution in [3.8, 4) is 28.6 Å². The Kier molecular flexibility index (Phi) is 3.65. The molecular formula is C12H14N4O3. The maximum absolute atomic E-state index is 5.54. The summed E-state index contributed by atoms with van der Waals surface area (Å²) in [7, 11) is 4.63. The summed E-state index contributed by atoms with van der Waals surface area (Å²) in [5.74, 6) is 2.15. The van der Waals surface area contributed by atoms with Crippen LogP contribution >= 0.6 is 0 Å². The maximum atomic E-state index is 5.54. The highest BCUT2D eigenvalue weighted by molar-refractivity contribution is 5.66. The van der Waals surface area contributed by atoms with Crippen LogP contribution in [-0.2, 0) is 0 Å². The third kappa shape index (κ3) is 2.49. The molecule has 0 fully saturated rings. The van der Waals surface area contributed by atoms with Gasteiger partial charge in [0.05, 0.1) is 21.3 Å². The lowest BCUT2D eigenvalue weighted by Gasteiger charge is -2.13. The van der Waals surface area contributed by atoms with Gasteiger partial charge in [0.1, 0.15) is 6.33 Å². The minimum Gasteiger partial charge on any atom is -0.493 e. The lowest BCUT2D eigenvalue weighted by atomic mass is 10.1. The molecule has 0 bridgehead atoms. The van der Waals surface area contributed by atoms with Crippen LogP contribution in [-0.4, -0.2) is 36.3 Å². The fraction of sp³-hybridized carbons (Fsp3) is 0.250. The summed E-state index contributed by atoms with van der Waals surface area (Å²) < 4.78 is 15.8. The van der Waals surface area contributed by atoms with Crippen LogP contribution in [0.4, 0.5) is 5.95 Å². The number of hydrogen-bond acceptors (Lipinski definition) is 7. The van der Waals surface area contributed by atoms with E-state index in [1.165, 1.54) is 6.33 Å². The molecule has 0 amide bonds. The largest absolute Gasteiger partial charge is 0.493 e. The summed E-state index contributed by atoms with van der Waals surface area (Å²) in [6, 6.07) is 3.49. The molecule has 0 saturated heterocycles. The van der Waals surface area contributed by atoms with Gasteiger partial charge < -0.3 is 19.9 Å². The molecule has 7 nitrogen and oxygen atoms in total. The number of rotatable bonds is 4. The predicted octanol–water partition coefficient (Wildman–Crippen LogP) is 1.15. The number of anilines is 1. The Balaban J connectivity index is 2.59. The second-order valence-corrected chi connectivity index (χ2v) is 3.58. The second-order valence-electron chi connectivity index (χ2n) is 3.58.